The van der Waals surface area contributed by atoms with Gasteiger partial charge >= 0.3 is 0 Å². The Labute approximate surface area is 188 Å². The molecular weight excluding hydrogens is 396 g/mol. The van der Waals surface area contributed by atoms with Crippen molar-refractivity contribution < 1.29 is 14.0 Å². The van der Waals surface area contributed by atoms with Crippen molar-refractivity contribution in [1.29, 1.82) is 0 Å². The van der Waals surface area contributed by atoms with Gasteiger partial charge in [0.2, 0.25) is 5.91 Å². The highest BCUT2D eigenvalue weighted by Crippen LogP contribution is 2.30. The smallest absolute Gasteiger partial charge is 0.223 e. The minimum Gasteiger partial charge on any atom is -0.386 e. The van der Waals surface area contributed by atoms with E-state index < -0.39 is 25.0 Å². The van der Waals surface area contributed by atoms with Crippen LogP contribution in [-0.4, -0.2) is 53.5 Å². The number of halogens is 1. The maximum Gasteiger partial charge on any atom is 0.223 e. The van der Waals surface area contributed by atoms with Crippen LogP contribution in [0.5, 0.6) is 0 Å². The first-order chi connectivity index (χ1) is 15.7. The quantitative estimate of drug-likeness (QED) is 0.720. The Balaban J connectivity index is 1.59. The van der Waals surface area contributed by atoms with Gasteiger partial charge in [0, 0.05) is 29.1 Å². The molecule has 4 nitrogen and oxygen atoms in total. The fraction of sp³-hybridized carbons (Fsp3) is 0.480. The number of likely N-dealkylation sites (tertiary alicyclic amines) is 1. The van der Waals surface area contributed by atoms with Crippen LogP contribution < -0.4 is 0 Å². The molecule has 1 fully saturated rings. The van der Waals surface area contributed by atoms with Gasteiger partial charge in [0.05, 0.1) is 6.04 Å². The standard InChI is InChI=1S/C25H31ClN2O2/c1-27(24(29)15-18-13-19-7-2-3-8-20(19)14-18)23(17-28-11-4-5-12-28)25(30)21-9-6-10-22(26)16-21/h2-3,6-10,16,18,23,25,30H,4-5,11-15,17H2,1H3/t23-,25-/m1/s1/i1D3. The lowest BCUT2D eigenvalue weighted by atomic mass is 9.97. The topological polar surface area (TPSA) is 43.8 Å². The van der Waals surface area contributed by atoms with Crippen molar-refractivity contribution in [3.05, 3.63) is 70.2 Å². The highest BCUT2D eigenvalue weighted by Gasteiger charge is 2.33. The second-order valence-electron chi connectivity index (χ2n) is 8.59. The van der Waals surface area contributed by atoms with Crippen molar-refractivity contribution in [3.8, 4) is 0 Å². The zero-order chi connectivity index (χ0) is 23.6. The molecule has 0 radical (unpaired) electrons. The third-order valence-corrected chi connectivity index (χ3v) is 6.63. The summed E-state index contributed by atoms with van der Waals surface area (Å²) in [5.74, 6) is -0.367. The minimum atomic E-state index is -2.66. The van der Waals surface area contributed by atoms with Crippen LogP contribution in [0.3, 0.4) is 0 Å². The first kappa shape index (κ1) is 17.8. The van der Waals surface area contributed by atoms with Crippen molar-refractivity contribution in [2.75, 3.05) is 26.6 Å². The molecule has 5 heteroatoms. The van der Waals surface area contributed by atoms with Crippen LogP contribution in [0.2, 0.25) is 5.02 Å². The van der Waals surface area contributed by atoms with E-state index in [9.17, 15) is 9.90 Å². The maximum atomic E-state index is 13.5. The van der Waals surface area contributed by atoms with E-state index in [1.54, 1.807) is 24.3 Å². The van der Waals surface area contributed by atoms with E-state index in [0.29, 0.717) is 17.1 Å². The normalized spacial score (nSPS) is 20.8. The van der Waals surface area contributed by atoms with Crippen LogP contribution >= 0.6 is 11.6 Å². The average molecular weight is 430 g/mol. The number of amides is 1. The van der Waals surface area contributed by atoms with Gasteiger partial charge < -0.3 is 14.9 Å². The van der Waals surface area contributed by atoms with E-state index in [1.807, 2.05) is 12.1 Å². The van der Waals surface area contributed by atoms with Gasteiger partial charge in [-0.1, -0.05) is 48.0 Å². The molecule has 1 aliphatic carbocycles. The summed E-state index contributed by atoms with van der Waals surface area (Å²) in [5, 5.41) is 11.8. The molecule has 1 N–H and O–H groups in total. The molecule has 160 valence electrons. The Kier molecular flexibility index (Phi) is 5.63. The fourth-order valence-electron chi connectivity index (χ4n) is 4.79. The summed E-state index contributed by atoms with van der Waals surface area (Å²) in [6.45, 7) is -0.686. The number of carbonyl (C=O) groups excluding carboxylic acids is 1. The molecule has 2 atom stereocenters. The molecule has 0 saturated carbocycles. The number of hydrogen-bond acceptors (Lipinski definition) is 3. The van der Waals surface area contributed by atoms with Crippen molar-refractivity contribution in [2.24, 2.45) is 5.92 Å². The lowest BCUT2D eigenvalue weighted by molar-refractivity contribution is -0.136. The third-order valence-electron chi connectivity index (χ3n) is 6.40. The third kappa shape index (κ3) is 4.88. The van der Waals surface area contributed by atoms with Crippen LogP contribution in [0.15, 0.2) is 48.5 Å². The molecule has 2 aromatic rings. The molecule has 0 unspecified atom stereocenters. The molecule has 1 amide bonds. The molecule has 0 aromatic heterocycles. The number of benzene rings is 2. The molecule has 2 aliphatic rings. The first-order valence-electron chi connectivity index (χ1n) is 12.3. The van der Waals surface area contributed by atoms with E-state index in [1.165, 1.54) is 11.1 Å². The van der Waals surface area contributed by atoms with Crippen molar-refractivity contribution in [2.45, 2.75) is 44.2 Å². The van der Waals surface area contributed by atoms with Crippen LogP contribution in [0.25, 0.3) is 0 Å². The zero-order valence-corrected chi connectivity index (χ0v) is 17.9. The SMILES string of the molecule is [2H]C([2H])([2H])N(C(=O)CC1Cc2ccccc2C1)[C@H](CN1CCCC1)[C@H](O)c1cccc(Cl)c1. The summed E-state index contributed by atoms with van der Waals surface area (Å²) in [4.78, 5) is 16.6. The van der Waals surface area contributed by atoms with Crippen molar-refractivity contribution in [1.82, 2.24) is 9.80 Å². The highest BCUT2D eigenvalue weighted by atomic mass is 35.5. The second-order valence-corrected chi connectivity index (χ2v) is 9.02. The number of aliphatic hydroxyl groups is 1. The van der Waals surface area contributed by atoms with Gasteiger partial charge in [0.1, 0.15) is 6.10 Å². The van der Waals surface area contributed by atoms with E-state index in [2.05, 4.69) is 17.0 Å². The Morgan fingerprint density at radius 1 is 1.20 bits per heavy atom. The monoisotopic (exact) mass is 429 g/mol. The lowest BCUT2D eigenvalue weighted by Gasteiger charge is -2.35. The molecule has 1 saturated heterocycles. The number of likely N-dealkylation sites (N-methyl/N-ethyl adjacent to an activating group) is 1. The molecule has 1 aliphatic heterocycles. The van der Waals surface area contributed by atoms with E-state index in [0.717, 1.165) is 43.7 Å². The lowest BCUT2D eigenvalue weighted by Crippen LogP contribution is -2.48. The number of nitrogens with zero attached hydrogens (tertiary/aromatic N) is 2. The molecule has 30 heavy (non-hydrogen) atoms. The summed E-state index contributed by atoms with van der Waals surface area (Å²) in [6, 6.07) is 14.0. The Morgan fingerprint density at radius 2 is 1.90 bits per heavy atom. The average Bonchev–Trinajstić information content (AvgIpc) is 3.40. The van der Waals surface area contributed by atoms with E-state index >= 15 is 0 Å². The number of aliphatic hydroxyl groups excluding tert-OH is 1. The van der Waals surface area contributed by atoms with Crippen LogP contribution in [0, 0.1) is 5.92 Å². The fourth-order valence-corrected chi connectivity index (χ4v) is 4.99. The summed E-state index contributed by atoms with van der Waals surface area (Å²) < 4.78 is 24.6. The van der Waals surface area contributed by atoms with Crippen molar-refractivity contribution >= 4 is 17.5 Å². The van der Waals surface area contributed by atoms with E-state index in [4.69, 9.17) is 15.7 Å². The van der Waals surface area contributed by atoms with Crippen molar-refractivity contribution in [3.63, 3.8) is 0 Å². The summed E-state index contributed by atoms with van der Waals surface area (Å²) in [5.41, 5.74) is 2.97. The molecule has 0 spiro atoms. The summed E-state index contributed by atoms with van der Waals surface area (Å²) in [7, 11) is 0. The largest absolute Gasteiger partial charge is 0.386 e. The van der Waals surface area contributed by atoms with Gasteiger partial charge in [-0.05, 0) is 73.5 Å². The number of carbonyl (C=O) groups is 1. The maximum absolute atomic E-state index is 13.5. The van der Waals surface area contributed by atoms with Crippen LogP contribution in [0.4, 0.5) is 0 Å². The van der Waals surface area contributed by atoms with Crippen LogP contribution in [-0.2, 0) is 17.6 Å². The highest BCUT2D eigenvalue weighted by molar-refractivity contribution is 6.30. The van der Waals surface area contributed by atoms with E-state index in [-0.39, 0.29) is 12.3 Å². The zero-order valence-electron chi connectivity index (χ0n) is 20.1. The molecular formula is C25H31ClN2O2. The minimum absolute atomic E-state index is 0.0653. The summed E-state index contributed by atoms with van der Waals surface area (Å²) in [6.07, 6.45) is 2.58. The Morgan fingerprint density at radius 3 is 2.53 bits per heavy atom. The molecule has 1 heterocycles. The molecule has 0 bridgehead atoms. The number of fused-ring (bicyclic) bond motifs is 1. The van der Waals surface area contributed by atoms with Gasteiger partial charge in [-0.2, -0.15) is 0 Å². The van der Waals surface area contributed by atoms with Gasteiger partial charge in [-0.25, -0.2) is 0 Å². The van der Waals surface area contributed by atoms with Gasteiger partial charge in [0.15, 0.2) is 0 Å². The molecule has 2 aromatic carbocycles. The van der Waals surface area contributed by atoms with Gasteiger partial charge in [-0.15, -0.1) is 0 Å². The van der Waals surface area contributed by atoms with Gasteiger partial charge in [-0.3, -0.25) is 4.79 Å². The summed E-state index contributed by atoms with van der Waals surface area (Å²) >= 11 is 6.14. The first-order valence-corrected chi connectivity index (χ1v) is 11.1. The predicted molar refractivity (Wildman–Crippen MR) is 121 cm³/mol. The Bertz CT molecular complexity index is 953. The number of hydrogen-bond donors (Lipinski definition) is 1. The number of rotatable bonds is 7. The second kappa shape index (κ2) is 9.51. The predicted octanol–water partition coefficient (Wildman–Crippen LogP) is 4.10. The molecule has 4 rings (SSSR count). The Hall–Kier alpha value is -1.88. The van der Waals surface area contributed by atoms with Gasteiger partial charge in [0.25, 0.3) is 0 Å². The van der Waals surface area contributed by atoms with Crippen LogP contribution in [0.1, 0.15) is 46.2 Å².